The van der Waals surface area contributed by atoms with E-state index in [4.69, 9.17) is 11.5 Å². The molecule has 0 aliphatic rings. The molecule has 0 rings (SSSR count). The monoisotopic (exact) mass is 330 g/mol. The lowest BCUT2D eigenvalue weighted by Crippen LogP contribution is -2.41. The third-order valence-corrected chi connectivity index (χ3v) is 3.39. The third-order valence-electron chi connectivity index (χ3n) is 3.39. The van der Waals surface area contributed by atoms with Gasteiger partial charge in [0, 0.05) is 13.5 Å². The van der Waals surface area contributed by atoms with Crippen molar-refractivity contribution in [3.63, 3.8) is 0 Å². The molecule has 2 atom stereocenters. The average molecular weight is 330 g/mol. The molecule has 0 bridgehead atoms. The molecule has 0 saturated carbocycles. The molecule has 8 nitrogen and oxygen atoms in total. The minimum absolute atomic E-state index is 0.173. The molecule has 6 N–H and O–H groups in total. The SMILES string of the molecule is COC(=O)[C@H](CCCCNC(=O)[C@@H](N)CCCCN)NC(C)=O. The number of carbonyl (C=O) groups excluding carboxylic acids is 3. The van der Waals surface area contributed by atoms with Gasteiger partial charge in [-0.3, -0.25) is 9.59 Å². The number of amides is 2. The van der Waals surface area contributed by atoms with Crippen molar-refractivity contribution in [3.8, 4) is 0 Å². The molecule has 8 heteroatoms. The van der Waals surface area contributed by atoms with Gasteiger partial charge in [-0.05, 0) is 38.6 Å². The number of nitrogens with two attached hydrogens (primary N) is 2. The van der Waals surface area contributed by atoms with Gasteiger partial charge in [-0.15, -0.1) is 0 Å². The van der Waals surface area contributed by atoms with Crippen LogP contribution >= 0.6 is 0 Å². The number of hydrogen-bond acceptors (Lipinski definition) is 6. The van der Waals surface area contributed by atoms with Crippen molar-refractivity contribution in [1.29, 1.82) is 0 Å². The van der Waals surface area contributed by atoms with E-state index in [1.165, 1.54) is 14.0 Å². The number of rotatable bonds is 12. The summed E-state index contributed by atoms with van der Waals surface area (Å²) in [5.74, 6) is -0.920. The minimum Gasteiger partial charge on any atom is -0.467 e. The first kappa shape index (κ1) is 21.3. The molecule has 2 amide bonds. The molecule has 0 spiro atoms. The highest BCUT2D eigenvalue weighted by molar-refractivity contribution is 5.83. The van der Waals surface area contributed by atoms with Crippen molar-refractivity contribution in [3.05, 3.63) is 0 Å². The molecular formula is C15H30N4O4. The van der Waals surface area contributed by atoms with Crippen LogP contribution in [0.4, 0.5) is 0 Å². The van der Waals surface area contributed by atoms with Crippen LogP contribution in [0.3, 0.4) is 0 Å². The maximum absolute atomic E-state index is 11.7. The Labute approximate surface area is 137 Å². The van der Waals surface area contributed by atoms with Gasteiger partial charge in [-0.25, -0.2) is 4.79 Å². The van der Waals surface area contributed by atoms with Gasteiger partial charge in [0.25, 0.3) is 0 Å². The largest absolute Gasteiger partial charge is 0.467 e. The Morgan fingerprint density at radius 3 is 2.30 bits per heavy atom. The van der Waals surface area contributed by atoms with Crippen molar-refractivity contribution in [2.75, 3.05) is 20.2 Å². The topological polar surface area (TPSA) is 137 Å². The normalized spacial score (nSPS) is 13.0. The summed E-state index contributed by atoms with van der Waals surface area (Å²) < 4.78 is 4.64. The molecule has 0 saturated heterocycles. The van der Waals surface area contributed by atoms with Crippen LogP contribution in [0.15, 0.2) is 0 Å². The summed E-state index contributed by atoms with van der Waals surface area (Å²) in [7, 11) is 1.28. The van der Waals surface area contributed by atoms with E-state index in [2.05, 4.69) is 15.4 Å². The average Bonchev–Trinajstić information content (AvgIpc) is 2.52. The molecule has 23 heavy (non-hydrogen) atoms. The summed E-state index contributed by atoms with van der Waals surface area (Å²) in [6.07, 6.45) is 4.14. The number of carbonyl (C=O) groups is 3. The van der Waals surface area contributed by atoms with Gasteiger partial charge in [0.2, 0.25) is 11.8 Å². The third kappa shape index (κ3) is 10.6. The number of methoxy groups -OCH3 is 1. The molecule has 0 unspecified atom stereocenters. The molecule has 0 fully saturated rings. The molecule has 0 aromatic carbocycles. The van der Waals surface area contributed by atoms with Crippen LogP contribution in [-0.2, 0) is 19.1 Å². The fourth-order valence-corrected chi connectivity index (χ4v) is 2.09. The highest BCUT2D eigenvalue weighted by atomic mass is 16.5. The van der Waals surface area contributed by atoms with Crippen LogP contribution in [-0.4, -0.2) is 50.1 Å². The van der Waals surface area contributed by atoms with E-state index in [0.717, 1.165) is 12.8 Å². The summed E-state index contributed by atoms with van der Waals surface area (Å²) >= 11 is 0. The smallest absolute Gasteiger partial charge is 0.328 e. The van der Waals surface area contributed by atoms with Crippen LogP contribution in [0.5, 0.6) is 0 Å². The van der Waals surface area contributed by atoms with E-state index in [0.29, 0.717) is 38.8 Å². The van der Waals surface area contributed by atoms with Gasteiger partial charge in [0.05, 0.1) is 13.2 Å². The number of esters is 1. The van der Waals surface area contributed by atoms with Gasteiger partial charge in [0.15, 0.2) is 0 Å². The zero-order valence-electron chi connectivity index (χ0n) is 14.1. The summed E-state index contributed by atoms with van der Waals surface area (Å²) in [5.41, 5.74) is 11.2. The zero-order valence-corrected chi connectivity index (χ0v) is 14.1. The Kier molecular flexibility index (Phi) is 11.9. The number of ether oxygens (including phenoxy) is 1. The number of nitrogens with one attached hydrogen (secondary N) is 2. The second-order valence-electron chi connectivity index (χ2n) is 5.45. The molecule has 0 heterocycles. The highest BCUT2D eigenvalue weighted by Crippen LogP contribution is 2.03. The maximum Gasteiger partial charge on any atom is 0.328 e. The second-order valence-corrected chi connectivity index (χ2v) is 5.45. The van der Waals surface area contributed by atoms with E-state index >= 15 is 0 Å². The van der Waals surface area contributed by atoms with Crippen LogP contribution in [0.25, 0.3) is 0 Å². The first-order chi connectivity index (χ1) is 10.9. The lowest BCUT2D eigenvalue weighted by Gasteiger charge is -2.15. The Bertz CT molecular complexity index is 376. The predicted molar refractivity (Wildman–Crippen MR) is 87.4 cm³/mol. The van der Waals surface area contributed by atoms with Gasteiger partial charge in [-0.2, -0.15) is 0 Å². The minimum atomic E-state index is -0.647. The zero-order chi connectivity index (χ0) is 17.7. The molecule has 0 aromatic rings. The van der Waals surface area contributed by atoms with Crippen molar-refractivity contribution < 1.29 is 19.1 Å². The fraction of sp³-hybridized carbons (Fsp3) is 0.800. The quantitative estimate of drug-likeness (QED) is 0.279. The van der Waals surface area contributed by atoms with Crippen molar-refractivity contribution in [2.24, 2.45) is 11.5 Å². The number of unbranched alkanes of at least 4 members (excludes halogenated alkanes) is 2. The van der Waals surface area contributed by atoms with Crippen molar-refractivity contribution >= 4 is 17.8 Å². The standard InChI is InChI=1S/C15H30N4O4/c1-11(20)19-13(15(22)23-2)8-4-6-10-18-14(21)12(17)7-3-5-9-16/h12-13H,3-10,16-17H2,1-2H3,(H,18,21)(H,19,20)/t12-,13-/m0/s1. The summed E-state index contributed by atoms with van der Waals surface area (Å²) in [4.78, 5) is 34.3. The van der Waals surface area contributed by atoms with Gasteiger partial charge < -0.3 is 26.8 Å². The van der Waals surface area contributed by atoms with Crippen LogP contribution in [0.2, 0.25) is 0 Å². The van der Waals surface area contributed by atoms with E-state index in [1.54, 1.807) is 0 Å². The van der Waals surface area contributed by atoms with Gasteiger partial charge in [-0.1, -0.05) is 6.42 Å². The fourth-order valence-electron chi connectivity index (χ4n) is 2.09. The Hall–Kier alpha value is -1.67. The Morgan fingerprint density at radius 1 is 1.09 bits per heavy atom. The number of hydrogen-bond donors (Lipinski definition) is 4. The molecule has 0 aromatic heterocycles. The summed E-state index contributed by atoms with van der Waals surface area (Å²) in [5, 5.41) is 5.31. The second kappa shape index (κ2) is 12.8. The summed E-state index contributed by atoms with van der Waals surface area (Å²) in [6.45, 7) is 2.43. The van der Waals surface area contributed by atoms with Crippen molar-refractivity contribution in [2.45, 2.75) is 57.5 Å². The van der Waals surface area contributed by atoms with Crippen LogP contribution in [0, 0.1) is 0 Å². The molecule has 0 aliphatic heterocycles. The molecule has 0 aliphatic carbocycles. The first-order valence-corrected chi connectivity index (χ1v) is 8.00. The van der Waals surface area contributed by atoms with E-state index in [-0.39, 0.29) is 11.8 Å². The van der Waals surface area contributed by atoms with Gasteiger partial charge >= 0.3 is 5.97 Å². The highest BCUT2D eigenvalue weighted by Gasteiger charge is 2.19. The molecule has 134 valence electrons. The molecule has 0 radical (unpaired) electrons. The van der Waals surface area contributed by atoms with Crippen LogP contribution < -0.4 is 22.1 Å². The van der Waals surface area contributed by atoms with E-state index in [9.17, 15) is 14.4 Å². The predicted octanol–water partition coefficient (Wildman–Crippen LogP) is -0.593. The lowest BCUT2D eigenvalue weighted by atomic mass is 10.1. The Morgan fingerprint density at radius 2 is 1.74 bits per heavy atom. The van der Waals surface area contributed by atoms with Crippen molar-refractivity contribution in [1.82, 2.24) is 10.6 Å². The van der Waals surface area contributed by atoms with Crippen LogP contribution in [0.1, 0.15) is 45.4 Å². The summed E-state index contributed by atoms with van der Waals surface area (Å²) in [6, 6.07) is -1.16. The van der Waals surface area contributed by atoms with E-state index < -0.39 is 18.1 Å². The molecular weight excluding hydrogens is 300 g/mol. The first-order valence-electron chi connectivity index (χ1n) is 8.00. The maximum atomic E-state index is 11.7. The van der Waals surface area contributed by atoms with E-state index in [1.807, 2.05) is 0 Å². The van der Waals surface area contributed by atoms with Gasteiger partial charge in [0.1, 0.15) is 6.04 Å². The lowest BCUT2D eigenvalue weighted by molar-refractivity contribution is -0.145. The Balaban J connectivity index is 3.90.